The molecular weight excluding hydrogens is 360 g/mol. The van der Waals surface area contributed by atoms with Crippen molar-refractivity contribution in [3.05, 3.63) is 23.2 Å². The topological polar surface area (TPSA) is 58.6 Å². The van der Waals surface area contributed by atoms with Crippen LogP contribution in [0.4, 0.5) is 5.69 Å². The summed E-state index contributed by atoms with van der Waals surface area (Å²) in [5.74, 6) is 1.64. The van der Waals surface area contributed by atoms with Crippen molar-refractivity contribution < 1.29 is 14.3 Å². The molecule has 1 aromatic carbocycles. The number of nitrogens with one attached hydrogen (secondary N) is 1. The summed E-state index contributed by atoms with van der Waals surface area (Å²) in [5.41, 5.74) is 0.584. The van der Waals surface area contributed by atoms with Crippen LogP contribution >= 0.6 is 23.4 Å². The molecule has 1 aliphatic heterocycles. The van der Waals surface area contributed by atoms with Gasteiger partial charge in [0.25, 0.3) is 0 Å². The minimum atomic E-state index is -0.0619. The van der Waals surface area contributed by atoms with Gasteiger partial charge < -0.3 is 15.0 Å². The van der Waals surface area contributed by atoms with Crippen LogP contribution < -0.4 is 10.1 Å². The molecule has 2 rings (SSSR count). The van der Waals surface area contributed by atoms with Gasteiger partial charge in [-0.3, -0.25) is 9.59 Å². The highest BCUT2D eigenvalue weighted by Crippen LogP contribution is 2.28. The molecule has 5 nitrogen and oxygen atoms in total. The number of likely N-dealkylation sites (tertiary alicyclic amines) is 1. The zero-order valence-corrected chi connectivity index (χ0v) is 16.3. The molecule has 0 unspecified atom stereocenters. The van der Waals surface area contributed by atoms with Crippen molar-refractivity contribution in [3.63, 3.8) is 0 Å². The highest BCUT2D eigenvalue weighted by atomic mass is 35.5. The number of amides is 2. The number of carbonyl (C=O) groups excluding carboxylic acids is 2. The fourth-order valence-electron chi connectivity index (χ4n) is 3.07. The van der Waals surface area contributed by atoms with Crippen molar-refractivity contribution in [1.82, 2.24) is 4.90 Å². The molecule has 0 saturated carbocycles. The van der Waals surface area contributed by atoms with Crippen molar-refractivity contribution in [2.45, 2.75) is 25.7 Å². The number of ether oxygens (including phenoxy) is 1. The Morgan fingerprint density at radius 3 is 2.96 bits per heavy atom. The summed E-state index contributed by atoms with van der Waals surface area (Å²) in [6.07, 6.45) is 5.21. The lowest BCUT2D eigenvalue weighted by Gasteiger charge is -2.32. The van der Waals surface area contributed by atoms with E-state index in [-0.39, 0.29) is 11.8 Å². The lowest BCUT2D eigenvalue weighted by molar-refractivity contribution is -0.130. The van der Waals surface area contributed by atoms with E-state index in [2.05, 4.69) is 5.32 Å². The number of thioether (sulfide) groups is 1. The molecule has 1 aliphatic rings. The molecule has 0 bridgehead atoms. The molecule has 1 atom stereocenters. The molecule has 7 heteroatoms. The van der Waals surface area contributed by atoms with Gasteiger partial charge in [-0.2, -0.15) is 11.8 Å². The summed E-state index contributed by atoms with van der Waals surface area (Å²) in [7, 11) is 1.56. The van der Waals surface area contributed by atoms with Crippen LogP contribution in [0, 0.1) is 5.92 Å². The first-order chi connectivity index (χ1) is 12.0. The van der Waals surface area contributed by atoms with E-state index in [4.69, 9.17) is 16.3 Å². The van der Waals surface area contributed by atoms with Crippen molar-refractivity contribution >= 4 is 40.9 Å². The average Bonchev–Trinajstić information content (AvgIpc) is 2.61. The summed E-state index contributed by atoms with van der Waals surface area (Å²) in [6.45, 7) is 1.59. The number of anilines is 1. The predicted molar refractivity (Wildman–Crippen MR) is 104 cm³/mol. The maximum atomic E-state index is 12.3. The summed E-state index contributed by atoms with van der Waals surface area (Å²) in [4.78, 5) is 26.2. The van der Waals surface area contributed by atoms with Gasteiger partial charge >= 0.3 is 0 Å². The van der Waals surface area contributed by atoms with Crippen molar-refractivity contribution in [2.24, 2.45) is 5.92 Å². The molecule has 0 radical (unpaired) electrons. The Balaban J connectivity index is 1.83. The Morgan fingerprint density at radius 2 is 2.24 bits per heavy atom. The first-order valence-corrected chi connectivity index (χ1v) is 10.2. The van der Waals surface area contributed by atoms with Gasteiger partial charge in [-0.25, -0.2) is 0 Å². The maximum absolute atomic E-state index is 12.3. The molecule has 1 aromatic rings. The summed E-state index contributed by atoms with van der Waals surface area (Å²) in [6, 6.07) is 5.13. The first kappa shape index (κ1) is 19.9. The lowest BCUT2D eigenvalue weighted by Crippen LogP contribution is -2.41. The summed E-state index contributed by atoms with van der Waals surface area (Å²) < 4.78 is 5.24. The highest BCUT2D eigenvalue weighted by Gasteiger charge is 2.23. The van der Waals surface area contributed by atoms with Crippen LogP contribution in [0.2, 0.25) is 5.02 Å². The van der Waals surface area contributed by atoms with Crippen LogP contribution in [0.15, 0.2) is 18.2 Å². The number of carbonyl (C=O) groups is 2. The number of methoxy groups -OCH3 is 1. The van der Waals surface area contributed by atoms with Crippen LogP contribution in [0.25, 0.3) is 0 Å². The Hall–Kier alpha value is -1.40. The second-order valence-corrected chi connectivity index (χ2v) is 7.51. The van der Waals surface area contributed by atoms with Gasteiger partial charge in [-0.05, 0) is 49.6 Å². The fourth-order valence-corrected chi connectivity index (χ4v) is 3.67. The van der Waals surface area contributed by atoms with Crippen LogP contribution in [-0.2, 0) is 9.59 Å². The van der Waals surface area contributed by atoms with E-state index in [0.29, 0.717) is 34.6 Å². The van der Waals surface area contributed by atoms with E-state index < -0.39 is 0 Å². The van der Waals surface area contributed by atoms with E-state index in [9.17, 15) is 9.59 Å². The van der Waals surface area contributed by atoms with Gasteiger partial charge in [0.05, 0.1) is 18.6 Å². The van der Waals surface area contributed by atoms with Gasteiger partial charge in [0.2, 0.25) is 11.8 Å². The van der Waals surface area contributed by atoms with Crippen LogP contribution in [0.5, 0.6) is 5.75 Å². The molecule has 2 amide bonds. The summed E-state index contributed by atoms with van der Waals surface area (Å²) in [5, 5.41) is 3.41. The van der Waals surface area contributed by atoms with Crippen LogP contribution in [0.1, 0.15) is 25.7 Å². The molecule has 0 aliphatic carbocycles. The van der Waals surface area contributed by atoms with Gasteiger partial charge in [0, 0.05) is 24.5 Å². The van der Waals surface area contributed by atoms with Crippen LogP contribution in [0.3, 0.4) is 0 Å². The third kappa shape index (κ3) is 6.12. The highest BCUT2D eigenvalue weighted by molar-refractivity contribution is 7.99. The Morgan fingerprint density at radius 1 is 1.44 bits per heavy atom. The Bertz CT molecular complexity index is 612. The zero-order chi connectivity index (χ0) is 18.2. The van der Waals surface area contributed by atoms with Crippen LogP contribution in [-0.4, -0.2) is 48.9 Å². The number of hydrogen-bond donors (Lipinski definition) is 1. The maximum Gasteiger partial charge on any atom is 0.232 e. The van der Waals surface area contributed by atoms with E-state index in [1.54, 1.807) is 37.1 Å². The van der Waals surface area contributed by atoms with Crippen molar-refractivity contribution in [1.29, 1.82) is 0 Å². The molecule has 1 saturated heterocycles. The third-order valence-corrected chi connectivity index (χ3v) is 5.13. The average molecular weight is 385 g/mol. The largest absolute Gasteiger partial charge is 0.495 e. The molecule has 1 N–H and O–H groups in total. The fraction of sp³-hybridized carbons (Fsp3) is 0.556. The second kappa shape index (κ2) is 9.92. The molecule has 138 valence electrons. The standard InChI is InChI=1S/C18H25ClN2O3S/c1-24-16-7-6-14(19)10-15(16)20-17(22)8-5-13-4-3-9-21(11-13)18(23)12-25-2/h6-7,10,13H,3-5,8-9,11-12H2,1-2H3,(H,20,22)/t13-/m0/s1. The molecule has 1 fully saturated rings. The van der Waals surface area contributed by atoms with Gasteiger partial charge in [-0.1, -0.05) is 11.6 Å². The smallest absolute Gasteiger partial charge is 0.232 e. The number of rotatable bonds is 7. The molecule has 0 spiro atoms. The molecular formula is C18H25ClN2O3S. The molecule has 0 aromatic heterocycles. The number of hydrogen-bond acceptors (Lipinski definition) is 4. The number of halogens is 1. The number of piperidine rings is 1. The van der Waals surface area contributed by atoms with E-state index >= 15 is 0 Å². The number of nitrogens with zero attached hydrogens (tertiary/aromatic N) is 1. The minimum Gasteiger partial charge on any atom is -0.495 e. The Kier molecular flexibility index (Phi) is 7.90. The first-order valence-electron chi connectivity index (χ1n) is 8.43. The predicted octanol–water partition coefficient (Wildman–Crippen LogP) is 3.67. The van der Waals surface area contributed by atoms with E-state index in [0.717, 1.165) is 32.4 Å². The molecule has 25 heavy (non-hydrogen) atoms. The minimum absolute atomic E-state index is 0.0619. The monoisotopic (exact) mass is 384 g/mol. The summed E-state index contributed by atoms with van der Waals surface area (Å²) >= 11 is 7.53. The zero-order valence-electron chi connectivity index (χ0n) is 14.7. The van der Waals surface area contributed by atoms with Gasteiger partial charge in [-0.15, -0.1) is 0 Å². The second-order valence-electron chi connectivity index (χ2n) is 6.21. The quantitative estimate of drug-likeness (QED) is 0.779. The van der Waals surface area contributed by atoms with Gasteiger partial charge in [0.15, 0.2) is 0 Å². The molecule has 1 heterocycles. The normalized spacial score (nSPS) is 17.2. The lowest BCUT2D eigenvalue weighted by atomic mass is 9.93. The van der Waals surface area contributed by atoms with Gasteiger partial charge in [0.1, 0.15) is 5.75 Å². The van der Waals surface area contributed by atoms with E-state index in [1.165, 1.54) is 0 Å². The Labute approximate surface area is 158 Å². The van der Waals surface area contributed by atoms with Crippen molar-refractivity contribution in [3.8, 4) is 5.75 Å². The number of benzene rings is 1. The third-order valence-electron chi connectivity index (χ3n) is 4.35. The van der Waals surface area contributed by atoms with E-state index in [1.807, 2.05) is 11.2 Å². The SMILES string of the molecule is COc1ccc(Cl)cc1NC(=O)CC[C@@H]1CCCN(C(=O)CSC)C1. The van der Waals surface area contributed by atoms with Crippen molar-refractivity contribution in [2.75, 3.05) is 37.5 Å².